The monoisotopic (exact) mass is 429 g/mol. The Labute approximate surface area is 181 Å². The Balaban J connectivity index is 1.27. The van der Waals surface area contributed by atoms with E-state index in [1.165, 1.54) is 17.5 Å². The summed E-state index contributed by atoms with van der Waals surface area (Å²) < 4.78 is 13.1. The third-order valence-electron chi connectivity index (χ3n) is 6.46. The lowest BCUT2D eigenvalue weighted by Crippen LogP contribution is -2.26. The highest BCUT2D eigenvalue weighted by Gasteiger charge is 2.38. The van der Waals surface area contributed by atoms with E-state index in [9.17, 15) is 4.79 Å². The second-order valence-corrected chi connectivity index (χ2v) is 9.10. The second kappa shape index (κ2) is 8.69. The van der Waals surface area contributed by atoms with Crippen LogP contribution < -0.4 is 10.9 Å². The zero-order chi connectivity index (χ0) is 20.5. The first-order valence-electron chi connectivity index (χ1n) is 11.0. The minimum absolute atomic E-state index is 0.160. The van der Waals surface area contributed by atoms with E-state index in [1.54, 1.807) is 6.20 Å². The number of rotatable bonds is 6. The van der Waals surface area contributed by atoms with Crippen molar-refractivity contribution in [2.24, 2.45) is 11.8 Å². The smallest absolute Gasteiger partial charge is 0.292 e. The number of hydrogen-bond acceptors (Lipinski definition) is 5. The number of nitrogens with one attached hydrogen (secondary N) is 1. The van der Waals surface area contributed by atoms with Crippen molar-refractivity contribution in [1.29, 1.82) is 0 Å². The van der Waals surface area contributed by atoms with Crippen LogP contribution in [0.3, 0.4) is 0 Å². The summed E-state index contributed by atoms with van der Waals surface area (Å²) in [7, 11) is 0. The van der Waals surface area contributed by atoms with Gasteiger partial charge in [0.1, 0.15) is 5.02 Å². The molecular weight excluding hydrogens is 402 g/mol. The molecular formula is C23H28ClN3O3. The molecule has 0 amide bonds. The molecule has 3 atom stereocenters. The van der Waals surface area contributed by atoms with Crippen molar-refractivity contribution in [1.82, 2.24) is 9.78 Å². The van der Waals surface area contributed by atoms with E-state index in [0.717, 1.165) is 56.9 Å². The fourth-order valence-corrected chi connectivity index (χ4v) is 4.71. The molecule has 160 valence electrons. The second-order valence-electron chi connectivity index (χ2n) is 8.72. The first kappa shape index (κ1) is 20.0. The van der Waals surface area contributed by atoms with Gasteiger partial charge in [0.15, 0.2) is 0 Å². The summed E-state index contributed by atoms with van der Waals surface area (Å²) in [6.07, 6.45) is 9.24. The highest BCUT2D eigenvalue weighted by atomic mass is 35.5. The van der Waals surface area contributed by atoms with Gasteiger partial charge in [-0.2, -0.15) is 9.78 Å². The van der Waals surface area contributed by atoms with E-state index in [4.69, 9.17) is 21.1 Å². The topological polar surface area (TPSA) is 65.4 Å². The van der Waals surface area contributed by atoms with Gasteiger partial charge in [-0.15, -0.1) is 0 Å². The minimum atomic E-state index is -0.319. The number of anilines is 1. The quantitative estimate of drug-likeness (QED) is 0.739. The van der Waals surface area contributed by atoms with Crippen LogP contribution in [0.5, 0.6) is 0 Å². The molecule has 2 saturated heterocycles. The van der Waals surface area contributed by atoms with Crippen molar-refractivity contribution in [3.05, 3.63) is 51.4 Å². The number of nitrogens with zero attached hydrogens (tertiary/aromatic N) is 2. The Morgan fingerprint density at radius 1 is 1.13 bits per heavy atom. The maximum atomic E-state index is 12.8. The van der Waals surface area contributed by atoms with Crippen molar-refractivity contribution < 1.29 is 9.47 Å². The SMILES string of the molecule is O=c1c(Cl)c(NCC2CCCOC2)cnn1-c1ccc(C2CCC(C3CC3)O2)cc1. The van der Waals surface area contributed by atoms with Crippen LogP contribution in [0, 0.1) is 11.8 Å². The molecule has 1 aromatic carbocycles. The zero-order valence-corrected chi connectivity index (χ0v) is 17.8. The molecule has 3 unspecified atom stereocenters. The summed E-state index contributed by atoms with van der Waals surface area (Å²) in [5.74, 6) is 1.21. The van der Waals surface area contributed by atoms with Gasteiger partial charge in [-0.05, 0) is 68.1 Å². The van der Waals surface area contributed by atoms with Crippen LogP contribution in [0.25, 0.3) is 5.69 Å². The van der Waals surface area contributed by atoms with Gasteiger partial charge in [0.25, 0.3) is 5.56 Å². The van der Waals surface area contributed by atoms with Crippen molar-refractivity contribution in [3.63, 3.8) is 0 Å². The summed E-state index contributed by atoms with van der Waals surface area (Å²) in [4.78, 5) is 12.8. The number of ether oxygens (including phenoxy) is 2. The van der Waals surface area contributed by atoms with Gasteiger partial charge in [-0.25, -0.2) is 0 Å². The van der Waals surface area contributed by atoms with Crippen LogP contribution >= 0.6 is 11.6 Å². The van der Waals surface area contributed by atoms with Gasteiger partial charge < -0.3 is 14.8 Å². The van der Waals surface area contributed by atoms with Crippen molar-refractivity contribution in [3.8, 4) is 5.69 Å². The lowest BCUT2D eigenvalue weighted by molar-refractivity contribution is 0.0322. The van der Waals surface area contributed by atoms with Gasteiger partial charge in [0, 0.05) is 13.2 Å². The molecule has 3 aliphatic rings. The van der Waals surface area contributed by atoms with Gasteiger partial charge in [-0.1, -0.05) is 23.7 Å². The molecule has 7 heteroatoms. The Kier molecular flexibility index (Phi) is 5.81. The first-order valence-corrected chi connectivity index (χ1v) is 11.4. The third kappa shape index (κ3) is 4.27. The highest BCUT2D eigenvalue weighted by Crippen LogP contribution is 2.44. The first-order chi connectivity index (χ1) is 14.7. The average molecular weight is 430 g/mol. The molecule has 30 heavy (non-hydrogen) atoms. The Bertz CT molecular complexity index is 936. The van der Waals surface area contributed by atoms with Crippen LogP contribution in [0.2, 0.25) is 5.02 Å². The largest absolute Gasteiger partial charge is 0.382 e. The summed E-state index contributed by atoms with van der Waals surface area (Å²) in [5.41, 5.74) is 2.12. The van der Waals surface area contributed by atoms with Gasteiger partial charge in [0.05, 0.1) is 36.4 Å². The summed E-state index contributed by atoms with van der Waals surface area (Å²) >= 11 is 6.37. The maximum Gasteiger partial charge on any atom is 0.292 e. The summed E-state index contributed by atoms with van der Waals surface area (Å²) in [6, 6.07) is 7.90. The Morgan fingerprint density at radius 2 is 1.97 bits per heavy atom. The van der Waals surface area contributed by atoms with Gasteiger partial charge >= 0.3 is 0 Å². The van der Waals surface area contributed by atoms with Crippen LogP contribution in [-0.4, -0.2) is 35.6 Å². The van der Waals surface area contributed by atoms with Gasteiger partial charge in [-0.3, -0.25) is 4.79 Å². The van der Waals surface area contributed by atoms with E-state index in [1.807, 2.05) is 24.3 Å². The molecule has 1 aromatic heterocycles. The average Bonchev–Trinajstić information content (AvgIpc) is 3.52. The zero-order valence-electron chi connectivity index (χ0n) is 17.1. The lowest BCUT2D eigenvalue weighted by Gasteiger charge is -2.22. The van der Waals surface area contributed by atoms with E-state index < -0.39 is 0 Å². The van der Waals surface area contributed by atoms with Crippen molar-refractivity contribution in [2.45, 2.75) is 50.7 Å². The molecule has 0 spiro atoms. The number of hydrogen-bond donors (Lipinski definition) is 1. The van der Waals surface area contributed by atoms with Crippen molar-refractivity contribution in [2.75, 3.05) is 25.1 Å². The lowest BCUT2D eigenvalue weighted by atomic mass is 10.0. The molecule has 5 rings (SSSR count). The molecule has 6 nitrogen and oxygen atoms in total. The predicted molar refractivity (Wildman–Crippen MR) is 116 cm³/mol. The van der Waals surface area contributed by atoms with E-state index in [2.05, 4.69) is 10.4 Å². The highest BCUT2D eigenvalue weighted by molar-refractivity contribution is 6.32. The van der Waals surface area contributed by atoms with E-state index in [0.29, 0.717) is 23.4 Å². The molecule has 0 bridgehead atoms. The van der Waals surface area contributed by atoms with Crippen molar-refractivity contribution >= 4 is 17.3 Å². The fourth-order valence-electron chi connectivity index (χ4n) is 4.52. The van der Waals surface area contributed by atoms with Gasteiger partial charge in [0.2, 0.25) is 0 Å². The molecule has 1 aliphatic carbocycles. The fraction of sp³-hybridized carbons (Fsp3) is 0.565. The summed E-state index contributed by atoms with van der Waals surface area (Å²) in [6.45, 7) is 2.30. The predicted octanol–water partition coefficient (Wildman–Crippen LogP) is 4.35. The third-order valence-corrected chi connectivity index (χ3v) is 6.83. The Hall–Kier alpha value is -1.89. The Morgan fingerprint density at radius 3 is 2.70 bits per heavy atom. The number of benzene rings is 1. The molecule has 3 fully saturated rings. The van der Waals surface area contributed by atoms with Crippen LogP contribution in [0.1, 0.15) is 50.2 Å². The van der Waals surface area contributed by atoms with Crippen LogP contribution in [0.4, 0.5) is 5.69 Å². The number of aromatic nitrogens is 2. The molecule has 2 aliphatic heterocycles. The molecule has 0 radical (unpaired) electrons. The summed E-state index contributed by atoms with van der Waals surface area (Å²) in [5, 5.41) is 7.76. The minimum Gasteiger partial charge on any atom is -0.382 e. The normalized spacial score (nSPS) is 26.6. The van der Waals surface area contributed by atoms with Crippen LogP contribution in [-0.2, 0) is 9.47 Å². The molecule has 1 saturated carbocycles. The standard InChI is InChI=1S/C23H28ClN3O3/c24-22-19(25-12-15-2-1-11-29-14-15)13-26-27(23(22)28)18-7-5-17(6-8-18)21-10-9-20(30-21)16-3-4-16/h5-8,13,15-16,20-21,25H,1-4,9-12,14H2. The number of halogens is 1. The maximum absolute atomic E-state index is 12.8. The molecule has 1 N–H and O–H groups in total. The van der Waals surface area contributed by atoms with Crippen LogP contribution in [0.15, 0.2) is 35.3 Å². The van der Waals surface area contributed by atoms with E-state index >= 15 is 0 Å². The molecule has 2 aromatic rings. The molecule has 3 heterocycles. The van der Waals surface area contributed by atoms with E-state index in [-0.39, 0.29) is 16.7 Å².